The fourth-order valence-corrected chi connectivity index (χ4v) is 6.02. The van der Waals surface area contributed by atoms with E-state index in [9.17, 15) is 0 Å². The van der Waals surface area contributed by atoms with Crippen molar-refractivity contribution in [2.24, 2.45) is 4.99 Å². The number of rotatable bonds is 6. The van der Waals surface area contributed by atoms with E-state index in [-0.39, 0.29) is 0 Å². The van der Waals surface area contributed by atoms with Crippen molar-refractivity contribution in [1.82, 2.24) is 20.4 Å². The molecule has 2 aliphatic heterocycles. The summed E-state index contributed by atoms with van der Waals surface area (Å²) in [7, 11) is 0. The molecule has 0 radical (unpaired) electrons. The molecule has 0 aromatic rings. The molecule has 1 saturated carbocycles. The largest absolute Gasteiger partial charge is 0.357 e. The molecule has 162 valence electrons. The Labute approximate surface area is 177 Å². The molecule has 0 aromatic carbocycles. The van der Waals surface area contributed by atoms with Crippen LogP contribution in [0.25, 0.3) is 0 Å². The summed E-state index contributed by atoms with van der Waals surface area (Å²) in [6, 6.07) is 1.22. The predicted octanol–water partition coefficient (Wildman–Crippen LogP) is 3.17. The SMILES string of the molecule is CCNC(=NCC1(N2CCSCC2)CCCCC1)NC1CCN(C(C)C)CC1. The van der Waals surface area contributed by atoms with Crippen LogP contribution >= 0.6 is 11.8 Å². The van der Waals surface area contributed by atoms with Gasteiger partial charge in [-0.3, -0.25) is 9.89 Å². The Morgan fingerprint density at radius 1 is 1.07 bits per heavy atom. The molecular weight excluding hydrogens is 366 g/mol. The molecule has 0 aromatic heterocycles. The summed E-state index contributed by atoms with van der Waals surface area (Å²) in [5.41, 5.74) is 0.308. The number of guanidine groups is 1. The molecular formula is C22H43N5S. The normalized spacial score (nSPS) is 25.8. The minimum Gasteiger partial charge on any atom is -0.357 e. The van der Waals surface area contributed by atoms with Gasteiger partial charge < -0.3 is 15.5 Å². The van der Waals surface area contributed by atoms with Gasteiger partial charge in [-0.2, -0.15) is 11.8 Å². The maximum Gasteiger partial charge on any atom is 0.191 e. The summed E-state index contributed by atoms with van der Waals surface area (Å²) in [6.45, 7) is 13.6. The van der Waals surface area contributed by atoms with E-state index in [1.165, 1.54) is 82.6 Å². The van der Waals surface area contributed by atoms with E-state index in [1.54, 1.807) is 0 Å². The first-order valence-corrected chi connectivity index (χ1v) is 12.9. The quantitative estimate of drug-likeness (QED) is 0.521. The topological polar surface area (TPSA) is 42.9 Å². The van der Waals surface area contributed by atoms with E-state index in [0.717, 1.165) is 19.0 Å². The standard InChI is InChI=1S/C22H43N5S/c1-4-23-21(25-20-8-12-26(13-9-20)19(2)3)24-18-22(10-6-5-7-11-22)27-14-16-28-17-15-27/h19-20H,4-18H2,1-3H3,(H2,23,24,25). The van der Waals surface area contributed by atoms with E-state index >= 15 is 0 Å². The van der Waals surface area contributed by atoms with Gasteiger partial charge in [-0.05, 0) is 46.5 Å². The summed E-state index contributed by atoms with van der Waals surface area (Å²) < 4.78 is 0. The van der Waals surface area contributed by atoms with Crippen LogP contribution in [0, 0.1) is 0 Å². The van der Waals surface area contributed by atoms with Gasteiger partial charge in [0, 0.05) is 61.9 Å². The monoisotopic (exact) mass is 409 g/mol. The summed E-state index contributed by atoms with van der Waals surface area (Å²) >= 11 is 2.11. The van der Waals surface area contributed by atoms with Gasteiger partial charge >= 0.3 is 0 Å². The molecule has 0 atom stereocenters. The molecule has 3 rings (SSSR count). The van der Waals surface area contributed by atoms with Crippen molar-refractivity contribution in [2.45, 2.75) is 83.3 Å². The third-order valence-electron chi connectivity index (χ3n) is 6.94. The minimum atomic E-state index is 0.308. The second kappa shape index (κ2) is 11.1. The maximum atomic E-state index is 5.17. The van der Waals surface area contributed by atoms with Crippen LogP contribution in [0.5, 0.6) is 0 Å². The highest BCUT2D eigenvalue weighted by molar-refractivity contribution is 7.99. The second-order valence-corrected chi connectivity index (χ2v) is 10.4. The van der Waals surface area contributed by atoms with Crippen LogP contribution in [0.3, 0.4) is 0 Å². The lowest BCUT2D eigenvalue weighted by Gasteiger charge is -2.47. The van der Waals surface area contributed by atoms with Crippen LogP contribution in [-0.2, 0) is 0 Å². The molecule has 6 heteroatoms. The van der Waals surface area contributed by atoms with Gasteiger partial charge in [0.25, 0.3) is 0 Å². The maximum absolute atomic E-state index is 5.17. The minimum absolute atomic E-state index is 0.308. The first kappa shape index (κ1) is 22.2. The molecule has 5 nitrogen and oxygen atoms in total. The highest BCUT2D eigenvalue weighted by Gasteiger charge is 2.38. The molecule has 3 aliphatic rings. The van der Waals surface area contributed by atoms with Crippen LogP contribution < -0.4 is 10.6 Å². The number of piperidine rings is 1. The molecule has 3 fully saturated rings. The van der Waals surface area contributed by atoms with Gasteiger partial charge in [-0.15, -0.1) is 0 Å². The molecule has 2 N–H and O–H groups in total. The van der Waals surface area contributed by atoms with Crippen LogP contribution in [0.2, 0.25) is 0 Å². The highest BCUT2D eigenvalue weighted by Crippen LogP contribution is 2.35. The van der Waals surface area contributed by atoms with Crippen molar-refractivity contribution in [3.63, 3.8) is 0 Å². The smallest absolute Gasteiger partial charge is 0.191 e. The van der Waals surface area contributed by atoms with Gasteiger partial charge in [-0.25, -0.2) is 0 Å². The number of nitrogens with zero attached hydrogens (tertiary/aromatic N) is 3. The van der Waals surface area contributed by atoms with E-state index in [1.807, 2.05) is 0 Å². The number of likely N-dealkylation sites (tertiary alicyclic amines) is 1. The van der Waals surface area contributed by atoms with Gasteiger partial charge in [0.1, 0.15) is 0 Å². The molecule has 28 heavy (non-hydrogen) atoms. The molecule has 0 amide bonds. The summed E-state index contributed by atoms with van der Waals surface area (Å²) in [5.74, 6) is 3.62. The zero-order chi connectivity index (χ0) is 19.8. The van der Waals surface area contributed by atoms with E-state index in [2.05, 4.69) is 53.0 Å². The number of thioether (sulfide) groups is 1. The molecule has 1 aliphatic carbocycles. The van der Waals surface area contributed by atoms with Crippen LogP contribution in [0.15, 0.2) is 4.99 Å². The Kier molecular flexibility index (Phi) is 8.79. The van der Waals surface area contributed by atoms with Gasteiger partial charge in [0.2, 0.25) is 0 Å². The van der Waals surface area contributed by atoms with Crippen molar-refractivity contribution in [3.05, 3.63) is 0 Å². The first-order valence-electron chi connectivity index (χ1n) is 11.7. The highest BCUT2D eigenvalue weighted by atomic mass is 32.2. The zero-order valence-corrected chi connectivity index (χ0v) is 19.3. The molecule has 2 heterocycles. The van der Waals surface area contributed by atoms with Crippen molar-refractivity contribution in [3.8, 4) is 0 Å². The van der Waals surface area contributed by atoms with E-state index in [4.69, 9.17) is 4.99 Å². The molecule has 0 spiro atoms. The second-order valence-electron chi connectivity index (χ2n) is 9.13. The van der Waals surface area contributed by atoms with Gasteiger partial charge in [0.05, 0.1) is 6.54 Å². The predicted molar refractivity (Wildman–Crippen MR) is 124 cm³/mol. The van der Waals surface area contributed by atoms with Crippen molar-refractivity contribution >= 4 is 17.7 Å². The third-order valence-corrected chi connectivity index (χ3v) is 7.89. The lowest BCUT2D eigenvalue weighted by molar-refractivity contribution is 0.0671. The zero-order valence-electron chi connectivity index (χ0n) is 18.5. The van der Waals surface area contributed by atoms with Crippen molar-refractivity contribution < 1.29 is 0 Å². The van der Waals surface area contributed by atoms with E-state index < -0.39 is 0 Å². The number of nitrogens with one attached hydrogen (secondary N) is 2. The third kappa shape index (κ3) is 6.02. The van der Waals surface area contributed by atoms with Gasteiger partial charge in [0.15, 0.2) is 5.96 Å². The van der Waals surface area contributed by atoms with Crippen molar-refractivity contribution in [1.29, 1.82) is 0 Å². The number of hydrogen-bond acceptors (Lipinski definition) is 4. The average Bonchev–Trinajstić information content (AvgIpc) is 2.74. The molecule has 2 saturated heterocycles. The summed E-state index contributed by atoms with van der Waals surface area (Å²) in [5, 5.41) is 7.29. The Morgan fingerprint density at radius 2 is 1.75 bits per heavy atom. The van der Waals surface area contributed by atoms with Crippen LogP contribution in [0.4, 0.5) is 0 Å². The van der Waals surface area contributed by atoms with Crippen molar-refractivity contribution in [2.75, 3.05) is 50.8 Å². The van der Waals surface area contributed by atoms with Gasteiger partial charge in [-0.1, -0.05) is 19.3 Å². The molecule has 0 bridgehead atoms. The lowest BCUT2D eigenvalue weighted by Crippen LogP contribution is -2.56. The van der Waals surface area contributed by atoms with E-state index in [0.29, 0.717) is 17.6 Å². The summed E-state index contributed by atoms with van der Waals surface area (Å²) in [4.78, 5) is 10.5. The Balaban J connectivity index is 1.61. The Morgan fingerprint density at radius 3 is 2.36 bits per heavy atom. The summed E-state index contributed by atoms with van der Waals surface area (Å²) in [6.07, 6.45) is 9.24. The van der Waals surface area contributed by atoms with Crippen LogP contribution in [-0.4, -0.2) is 84.2 Å². The fraction of sp³-hybridized carbons (Fsp3) is 0.955. The first-order chi connectivity index (χ1) is 13.6. The Hall–Kier alpha value is -0.460. The lowest BCUT2D eigenvalue weighted by atomic mass is 9.80. The van der Waals surface area contributed by atoms with Crippen LogP contribution in [0.1, 0.15) is 65.7 Å². The number of aliphatic imine (C=N–C) groups is 1. The fourth-order valence-electron chi connectivity index (χ4n) is 5.12. The average molecular weight is 410 g/mol. The number of hydrogen-bond donors (Lipinski definition) is 2. The molecule has 0 unspecified atom stereocenters. The Bertz CT molecular complexity index is 475.